The molecule has 2 heterocycles. The summed E-state index contributed by atoms with van der Waals surface area (Å²) in [6.45, 7) is 8.10. The molecule has 1 aromatic carbocycles. The highest BCUT2D eigenvalue weighted by Gasteiger charge is 2.28. The Balaban J connectivity index is 1.80. The van der Waals surface area contributed by atoms with Gasteiger partial charge < -0.3 is 14.8 Å². The monoisotopic (exact) mass is 248 g/mol. The molecule has 0 aromatic heterocycles. The normalized spacial score (nSPS) is 19.9. The van der Waals surface area contributed by atoms with Gasteiger partial charge >= 0.3 is 0 Å². The number of fused-ring (bicyclic) bond motifs is 1. The maximum Gasteiger partial charge on any atom is 0.231 e. The maximum atomic E-state index is 5.45. The molecule has 0 bridgehead atoms. The van der Waals surface area contributed by atoms with E-state index in [1.165, 1.54) is 5.56 Å². The number of ether oxygens (including phenoxy) is 2. The minimum atomic E-state index is 0.344. The highest BCUT2D eigenvalue weighted by atomic mass is 16.7. The zero-order valence-corrected chi connectivity index (χ0v) is 11.0. The van der Waals surface area contributed by atoms with E-state index in [0.29, 0.717) is 18.9 Å². The molecule has 0 saturated carbocycles. The van der Waals surface area contributed by atoms with Crippen LogP contribution >= 0.6 is 0 Å². The average Bonchev–Trinajstić information content (AvgIpc) is 2.79. The minimum Gasteiger partial charge on any atom is -0.454 e. The van der Waals surface area contributed by atoms with E-state index in [0.717, 1.165) is 31.1 Å². The van der Waals surface area contributed by atoms with Gasteiger partial charge in [-0.1, -0.05) is 13.0 Å². The number of hydrogen-bond acceptors (Lipinski definition) is 4. The van der Waals surface area contributed by atoms with Crippen molar-refractivity contribution in [3.8, 4) is 11.5 Å². The molecule has 0 spiro atoms. The molecule has 4 nitrogen and oxygen atoms in total. The number of hydrogen-bond donors (Lipinski definition) is 1. The van der Waals surface area contributed by atoms with Crippen LogP contribution in [0.25, 0.3) is 0 Å². The highest BCUT2D eigenvalue weighted by Crippen LogP contribution is 2.35. The fourth-order valence-corrected chi connectivity index (χ4v) is 2.72. The van der Waals surface area contributed by atoms with Crippen molar-refractivity contribution in [2.75, 3.05) is 26.4 Å². The lowest BCUT2D eigenvalue weighted by atomic mass is 10.0. The Morgan fingerprint density at radius 2 is 2.11 bits per heavy atom. The van der Waals surface area contributed by atoms with Gasteiger partial charge in [0.1, 0.15) is 0 Å². The van der Waals surface area contributed by atoms with Crippen LogP contribution in [0.4, 0.5) is 0 Å². The van der Waals surface area contributed by atoms with Crippen LogP contribution in [0.1, 0.15) is 25.5 Å². The summed E-state index contributed by atoms with van der Waals surface area (Å²) in [5, 5.41) is 3.34. The summed E-state index contributed by atoms with van der Waals surface area (Å²) in [5.41, 5.74) is 1.30. The van der Waals surface area contributed by atoms with Gasteiger partial charge in [-0.15, -0.1) is 0 Å². The van der Waals surface area contributed by atoms with Crippen molar-refractivity contribution in [1.29, 1.82) is 0 Å². The Hall–Kier alpha value is -1.26. The van der Waals surface area contributed by atoms with Gasteiger partial charge in [-0.05, 0) is 31.2 Å². The third kappa shape index (κ3) is 1.95. The molecule has 1 aromatic rings. The molecule has 2 aliphatic heterocycles. The van der Waals surface area contributed by atoms with Crippen LogP contribution in [-0.2, 0) is 0 Å². The molecule has 2 aliphatic rings. The van der Waals surface area contributed by atoms with E-state index < -0.39 is 0 Å². The van der Waals surface area contributed by atoms with Gasteiger partial charge in [0.25, 0.3) is 0 Å². The summed E-state index contributed by atoms with van der Waals surface area (Å²) in [4.78, 5) is 2.54. The van der Waals surface area contributed by atoms with E-state index in [9.17, 15) is 0 Å². The van der Waals surface area contributed by atoms with Crippen LogP contribution in [0.2, 0.25) is 0 Å². The first-order chi connectivity index (χ1) is 8.79. The molecule has 1 atom stereocenters. The molecule has 98 valence electrons. The highest BCUT2D eigenvalue weighted by molar-refractivity contribution is 5.45. The molecule has 0 amide bonds. The number of rotatable bonds is 4. The van der Waals surface area contributed by atoms with Crippen LogP contribution in [0.15, 0.2) is 18.2 Å². The number of likely N-dealkylation sites (N-methyl/N-ethyl adjacent to an activating group) is 1. The van der Waals surface area contributed by atoms with Crippen molar-refractivity contribution in [3.05, 3.63) is 23.8 Å². The van der Waals surface area contributed by atoms with Gasteiger partial charge in [-0.25, -0.2) is 0 Å². The van der Waals surface area contributed by atoms with Gasteiger partial charge in [-0.3, -0.25) is 4.90 Å². The molecule has 1 unspecified atom stereocenters. The van der Waals surface area contributed by atoms with Crippen molar-refractivity contribution in [2.24, 2.45) is 0 Å². The van der Waals surface area contributed by atoms with E-state index in [4.69, 9.17) is 9.47 Å². The standard InChI is InChI=1S/C14H20N2O2/c1-3-16(12-7-15-8-12)10(2)11-4-5-13-14(6-11)18-9-17-13/h4-6,10,12,15H,3,7-9H2,1-2H3. The van der Waals surface area contributed by atoms with E-state index in [2.05, 4.69) is 36.2 Å². The molecule has 18 heavy (non-hydrogen) atoms. The SMILES string of the molecule is CCN(C1CNC1)C(C)c1ccc2c(c1)OCO2. The topological polar surface area (TPSA) is 33.7 Å². The zero-order valence-electron chi connectivity index (χ0n) is 11.0. The van der Waals surface area contributed by atoms with Gasteiger partial charge in [-0.2, -0.15) is 0 Å². The van der Waals surface area contributed by atoms with Crippen molar-refractivity contribution in [3.63, 3.8) is 0 Å². The molecule has 0 radical (unpaired) electrons. The molecular weight excluding hydrogens is 228 g/mol. The lowest BCUT2D eigenvalue weighted by Crippen LogP contribution is -2.57. The summed E-state index contributed by atoms with van der Waals surface area (Å²) < 4.78 is 10.8. The van der Waals surface area contributed by atoms with E-state index in [-0.39, 0.29) is 0 Å². The average molecular weight is 248 g/mol. The number of benzene rings is 1. The van der Waals surface area contributed by atoms with Crippen LogP contribution < -0.4 is 14.8 Å². The molecule has 4 heteroatoms. The Morgan fingerprint density at radius 3 is 2.78 bits per heavy atom. The van der Waals surface area contributed by atoms with E-state index >= 15 is 0 Å². The Labute approximate surface area is 108 Å². The third-order valence-electron chi connectivity index (χ3n) is 3.97. The second kappa shape index (κ2) is 4.78. The van der Waals surface area contributed by atoms with Crippen LogP contribution in [-0.4, -0.2) is 37.4 Å². The first-order valence-corrected chi connectivity index (χ1v) is 6.65. The van der Waals surface area contributed by atoms with Gasteiger partial charge in [0.2, 0.25) is 6.79 Å². The van der Waals surface area contributed by atoms with E-state index in [1.54, 1.807) is 0 Å². The van der Waals surface area contributed by atoms with Crippen molar-refractivity contribution < 1.29 is 9.47 Å². The van der Waals surface area contributed by atoms with Crippen LogP contribution in [0.3, 0.4) is 0 Å². The smallest absolute Gasteiger partial charge is 0.231 e. The summed E-state index contributed by atoms with van der Waals surface area (Å²) in [6, 6.07) is 7.35. The summed E-state index contributed by atoms with van der Waals surface area (Å²) in [6.07, 6.45) is 0. The largest absolute Gasteiger partial charge is 0.454 e. The van der Waals surface area contributed by atoms with Crippen LogP contribution in [0.5, 0.6) is 11.5 Å². The molecule has 1 saturated heterocycles. The predicted molar refractivity (Wildman–Crippen MR) is 70.0 cm³/mol. The van der Waals surface area contributed by atoms with Gasteiger partial charge in [0.15, 0.2) is 11.5 Å². The molecular formula is C14H20N2O2. The summed E-state index contributed by atoms with van der Waals surface area (Å²) in [5.74, 6) is 1.74. The van der Waals surface area contributed by atoms with Crippen molar-refractivity contribution in [1.82, 2.24) is 10.2 Å². The Kier molecular flexibility index (Phi) is 3.14. The quantitative estimate of drug-likeness (QED) is 0.880. The first kappa shape index (κ1) is 11.8. The van der Waals surface area contributed by atoms with Crippen molar-refractivity contribution in [2.45, 2.75) is 25.9 Å². The second-order valence-corrected chi connectivity index (χ2v) is 4.93. The molecule has 0 aliphatic carbocycles. The van der Waals surface area contributed by atoms with Crippen LogP contribution in [0, 0.1) is 0 Å². The Bertz CT molecular complexity index is 432. The fraction of sp³-hybridized carbons (Fsp3) is 0.571. The lowest BCUT2D eigenvalue weighted by molar-refractivity contribution is 0.109. The summed E-state index contributed by atoms with van der Waals surface area (Å²) >= 11 is 0. The number of nitrogens with one attached hydrogen (secondary N) is 1. The van der Waals surface area contributed by atoms with Crippen molar-refractivity contribution >= 4 is 0 Å². The fourth-order valence-electron chi connectivity index (χ4n) is 2.72. The molecule has 3 rings (SSSR count). The first-order valence-electron chi connectivity index (χ1n) is 6.65. The zero-order chi connectivity index (χ0) is 12.5. The minimum absolute atomic E-state index is 0.344. The van der Waals surface area contributed by atoms with E-state index in [1.807, 2.05) is 6.07 Å². The van der Waals surface area contributed by atoms with Gasteiger partial charge in [0.05, 0.1) is 0 Å². The Morgan fingerprint density at radius 1 is 1.33 bits per heavy atom. The van der Waals surface area contributed by atoms with Gasteiger partial charge in [0, 0.05) is 25.2 Å². The predicted octanol–water partition coefficient (Wildman–Crippen LogP) is 1.77. The summed E-state index contributed by atoms with van der Waals surface area (Å²) in [7, 11) is 0. The molecule has 1 fully saturated rings. The maximum absolute atomic E-state index is 5.45. The third-order valence-corrected chi connectivity index (χ3v) is 3.97. The lowest BCUT2D eigenvalue weighted by Gasteiger charge is -2.41. The second-order valence-electron chi connectivity index (χ2n) is 4.93. The number of nitrogens with zero attached hydrogens (tertiary/aromatic N) is 1. The molecule has 1 N–H and O–H groups in total.